The van der Waals surface area contributed by atoms with Crippen LogP contribution >= 0.6 is 7.92 Å². The maximum absolute atomic E-state index is 9.53. The number of phenols is 1. The minimum absolute atomic E-state index is 0.311. The van der Waals surface area contributed by atoms with Gasteiger partial charge in [0.25, 0.3) is 0 Å². The first-order chi connectivity index (χ1) is 16.2. The lowest BCUT2D eigenvalue weighted by molar-refractivity contribution is 0.475. The van der Waals surface area contributed by atoms with Crippen LogP contribution in [-0.2, 0) is 0 Å². The van der Waals surface area contributed by atoms with Crippen LogP contribution in [0.15, 0.2) is 140 Å². The van der Waals surface area contributed by atoms with Gasteiger partial charge in [-0.3, -0.25) is 0 Å². The van der Waals surface area contributed by atoms with E-state index in [0.29, 0.717) is 5.75 Å². The average Bonchev–Trinajstić information content (AvgIpc) is 2.88. The molecule has 5 aromatic rings. The quantitative estimate of drug-likeness (QED) is 0.301. The first-order valence-electron chi connectivity index (χ1n) is 11.0. The highest BCUT2D eigenvalue weighted by atomic mass is 31.1. The van der Waals surface area contributed by atoms with Gasteiger partial charge in [0.1, 0.15) is 5.75 Å². The summed E-state index contributed by atoms with van der Waals surface area (Å²) in [5.74, 6) is 0.311. The van der Waals surface area contributed by atoms with Crippen LogP contribution in [-0.4, -0.2) is 5.11 Å². The molecule has 0 heterocycles. The Bertz CT molecular complexity index is 1210. The molecule has 162 valence electrons. The summed E-state index contributed by atoms with van der Waals surface area (Å²) in [4.78, 5) is 0. The monoisotopic (exact) mass is 446 g/mol. The molecule has 0 spiro atoms. The van der Waals surface area contributed by atoms with E-state index in [4.69, 9.17) is 0 Å². The van der Waals surface area contributed by atoms with Crippen LogP contribution in [0.3, 0.4) is 0 Å². The summed E-state index contributed by atoms with van der Waals surface area (Å²) < 4.78 is 0. The topological polar surface area (TPSA) is 20.2 Å². The number of benzene rings is 5. The van der Waals surface area contributed by atoms with E-state index in [0.717, 1.165) is 0 Å². The van der Waals surface area contributed by atoms with Gasteiger partial charge in [-0.15, -0.1) is 0 Å². The molecule has 2 heteroatoms. The number of hydrogen-bond donors (Lipinski definition) is 1. The molecule has 5 rings (SSSR count). The summed E-state index contributed by atoms with van der Waals surface area (Å²) in [7, 11) is -0.586. The Hall–Kier alpha value is -3.67. The highest BCUT2D eigenvalue weighted by Crippen LogP contribution is 2.33. The molecular formula is C31H27OP. The Labute approximate surface area is 197 Å². The second-order valence-corrected chi connectivity index (χ2v) is 9.98. The van der Waals surface area contributed by atoms with Crippen LogP contribution in [0.5, 0.6) is 5.75 Å². The lowest BCUT2D eigenvalue weighted by atomic mass is 10.1. The summed E-state index contributed by atoms with van der Waals surface area (Å²) in [6, 6.07) is 47.6. The van der Waals surface area contributed by atoms with Gasteiger partial charge >= 0.3 is 0 Å². The second kappa shape index (κ2) is 11.3. The number of aromatic hydroxyl groups is 1. The van der Waals surface area contributed by atoms with E-state index in [1.165, 1.54) is 32.6 Å². The predicted octanol–water partition coefficient (Wildman–Crippen LogP) is 6.81. The van der Waals surface area contributed by atoms with Gasteiger partial charge in [0.05, 0.1) is 0 Å². The summed E-state index contributed by atoms with van der Waals surface area (Å²) >= 11 is 0. The molecule has 0 aliphatic rings. The minimum atomic E-state index is -0.586. The third kappa shape index (κ3) is 6.19. The number of hydrogen-bond acceptors (Lipinski definition) is 1. The van der Waals surface area contributed by atoms with Gasteiger partial charge in [-0.1, -0.05) is 133 Å². The van der Waals surface area contributed by atoms with Crippen LogP contribution < -0.4 is 15.9 Å². The molecule has 0 fully saturated rings. The highest BCUT2D eigenvalue weighted by Gasteiger charge is 2.16. The highest BCUT2D eigenvalue weighted by molar-refractivity contribution is 7.79. The zero-order valence-corrected chi connectivity index (χ0v) is 19.6. The number of phenolic OH excluding ortho intramolecular Hbond substituents is 1. The molecule has 0 saturated heterocycles. The van der Waals surface area contributed by atoms with Gasteiger partial charge in [0.2, 0.25) is 0 Å². The van der Waals surface area contributed by atoms with Crippen molar-refractivity contribution in [3.8, 4) is 16.9 Å². The lowest BCUT2D eigenvalue weighted by Gasteiger charge is -2.19. The maximum Gasteiger partial charge on any atom is 0.115 e. The van der Waals surface area contributed by atoms with Crippen LogP contribution in [0.1, 0.15) is 5.56 Å². The lowest BCUT2D eigenvalue weighted by Crippen LogP contribution is -2.20. The molecular weight excluding hydrogens is 419 g/mol. The number of rotatable bonds is 4. The van der Waals surface area contributed by atoms with E-state index in [2.05, 4.69) is 104 Å². The third-order valence-corrected chi connectivity index (χ3v) is 7.69. The largest absolute Gasteiger partial charge is 0.508 e. The fraction of sp³-hybridized carbons (Fsp3) is 0.0323. The zero-order valence-electron chi connectivity index (χ0n) is 18.7. The van der Waals surface area contributed by atoms with E-state index in [1.807, 2.05) is 30.3 Å². The Balaban J connectivity index is 0.000000183. The standard InChI is InChI=1S/C19H17OP.C12H10/c1-15-6-5-9-19(14-15)21(17-7-3-2-4-8-17)18-12-10-16(20)11-13-18;1-3-7-11(8-4-1)12-9-5-2-6-10-12/h2-14,20H,1H3;1-10H. The van der Waals surface area contributed by atoms with Gasteiger partial charge in [-0.25, -0.2) is 0 Å². The summed E-state index contributed by atoms with van der Waals surface area (Å²) in [5.41, 5.74) is 3.82. The van der Waals surface area contributed by atoms with Crippen LogP contribution in [0.2, 0.25) is 0 Å². The molecule has 0 aliphatic heterocycles. The Morgan fingerprint density at radius 2 is 0.909 bits per heavy atom. The van der Waals surface area contributed by atoms with E-state index < -0.39 is 7.92 Å². The van der Waals surface area contributed by atoms with Crippen molar-refractivity contribution < 1.29 is 5.11 Å². The summed E-state index contributed by atoms with van der Waals surface area (Å²) in [5, 5.41) is 13.4. The van der Waals surface area contributed by atoms with Crippen molar-refractivity contribution in [1.82, 2.24) is 0 Å². The Morgan fingerprint density at radius 1 is 0.455 bits per heavy atom. The molecule has 5 aromatic carbocycles. The Morgan fingerprint density at radius 3 is 1.42 bits per heavy atom. The maximum atomic E-state index is 9.53. The van der Waals surface area contributed by atoms with Crippen molar-refractivity contribution in [2.45, 2.75) is 6.92 Å². The Kier molecular flexibility index (Phi) is 7.69. The summed E-state index contributed by atoms with van der Waals surface area (Å²) in [6.45, 7) is 2.12. The minimum Gasteiger partial charge on any atom is -0.508 e. The fourth-order valence-corrected chi connectivity index (χ4v) is 6.03. The summed E-state index contributed by atoms with van der Waals surface area (Å²) in [6.07, 6.45) is 0. The molecule has 0 radical (unpaired) electrons. The van der Waals surface area contributed by atoms with Crippen LogP contribution in [0.4, 0.5) is 0 Å². The van der Waals surface area contributed by atoms with Gasteiger partial charge in [-0.05, 0) is 54.0 Å². The van der Waals surface area contributed by atoms with E-state index in [-0.39, 0.29) is 0 Å². The first-order valence-corrected chi connectivity index (χ1v) is 12.4. The smallest absolute Gasteiger partial charge is 0.115 e. The van der Waals surface area contributed by atoms with E-state index in [9.17, 15) is 5.11 Å². The van der Waals surface area contributed by atoms with Gasteiger partial charge < -0.3 is 5.11 Å². The molecule has 0 bridgehead atoms. The van der Waals surface area contributed by atoms with Crippen LogP contribution in [0.25, 0.3) is 11.1 Å². The third-order valence-electron chi connectivity index (χ3n) is 5.26. The van der Waals surface area contributed by atoms with Gasteiger partial charge in [0.15, 0.2) is 0 Å². The molecule has 1 atom stereocenters. The molecule has 0 aromatic heterocycles. The average molecular weight is 447 g/mol. The molecule has 0 amide bonds. The second-order valence-electron chi connectivity index (χ2n) is 7.76. The predicted molar refractivity (Wildman–Crippen MR) is 143 cm³/mol. The molecule has 1 N–H and O–H groups in total. The molecule has 33 heavy (non-hydrogen) atoms. The molecule has 1 nitrogen and oxygen atoms in total. The van der Waals surface area contributed by atoms with Crippen molar-refractivity contribution in [3.63, 3.8) is 0 Å². The zero-order chi connectivity index (χ0) is 22.9. The van der Waals surface area contributed by atoms with Crippen molar-refractivity contribution in [2.24, 2.45) is 0 Å². The van der Waals surface area contributed by atoms with Gasteiger partial charge in [0, 0.05) is 0 Å². The molecule has 0 aliphatic carbocycles. The van der Waals surface area contributed by atoms with Crippen LogP contribution in [0, 0.1) is 6.92 Å². The first kappa shape index (κ1) is 22.5. The normalized spacial score (nSPS) is 11.2. The van der Waals surface area contributed by atoms with Crippen molar-refractivity contribution >= 4 is 23.8 Å². The SMILES string of the molecule is Cc1cccc(P(c2ccccc2)c2ccc(O)cc2)c1.c1ccc(-c2ccccc2)cc1. The van der Waals surface area contributed by atoms with E-state index >= 15 is 0 Å². The van der Waals surface area contributed by atoms with Crippen molar-refractivity contribution in [3.05, 3.63) is 145 Å². The van der Waals surface area contributed by atoms with Gasteiger partial charge in [-0.2, -0.15) is 0 Å². The number of aryl methyl sites for hydroxylation is 1. The fourth-order valence-electron chi connectivity index (χ4n) is 3.65. The van der Waals surface area contributed by atoms with E-state index in [1.54, 1.807) is 12.1 Å². The molecule has 1 unspecified atom stereocenters. The van der Waals surface area contributed by atoms with Crippen molar-refractivity contribution in [1.29, 1.82) is 0 Å². The molecule has 0 saturated carbocycles. The van der Waals surface area contributed by atoms with Crippen molar-refractivity contribution in [2.75, 3.05) is 0 Å².